The molecular formula is C13H26N2O2S. The van der Waals surface area contributed by atoms with Crippen molar-refractivity contribution in [2.75, 3.05) is 24.6 Å². The zero-order chi connectivity index (χ0) is 13.3. The van der Waals surface area contributed by atoms with Crippen LogP contribution >= 0.6 is 0 Å². The van der Waals surface area contributed by atoms with E-state index in [0.29, 0.717) is 35.5 Å². The van der Waals surface area contributed by atoms with Gasteiger partial charge in [-0.25, -0.2) is 8.42 Å². The lowest BCUT2D eigenvalue weighted by atomic mass is 9.95. The van der Waals surface area contributed by atoms with Gasteiger partial charge in [-0.1, -0.05) is 13.8 Å². The normalized spacial score (nSPS) is 34.9. The number of rotatable bonds is 2. The second kappa shape index (κ2) is 5.47. The van der Waals surface area contributed by atoms with Crippen LogP contribution < -0.4 is 5.32 Å². The van der Waals surface area contributed by atoms with E-state index in [1.54, 1.807) is 0 Å². The summed E-state index contributed by atoms with van der Waals surface area (Å²) in [6, 6.07) is 1.52. The molecule has 2 heterocycles. The molecule has 2 atom stereocenters. The highest BCUT2D eigenvalue weighted by Gasteiger charge is 2.35. The van der Waals surface area contributed by atoms with Crippen molar-refractivity contribution in [3.63, 3.8) is 0 Å². The SMILES string of the molecule is CC1CN(C2CCS(=O)(=O)CC2)C(C(C)C)CN1. The summed E-state index contributed by atoms with van der Waals surface area (Å²) in [6.07, 6.45) is 1.64. The number of piperazine rings is 1. The highest BCUT2D eigenvalue weighted by atomic mass is 32.2. The van der Waals surface area contributed by atoms with E-state index >= 15 is 0 Å². The molecule has 2 aliphatic rings. The minimum atomic E-state index is -2.75. The summed E-state index contributed by atoms with van der Waals surface area (Å²) < 4.78 is 23.1. The second-order valence-corrected chi connectivity index (χ2v) is 8.50. The Morgan fingerprint density at radius 3 is 2.39 bits per heavy atom. The molecule has 0 aromatic carbocycles. The molecule has 4 nitrogen and oxygen atoms in total. The summed E-state index contributed by atoms with van der Waals surface area (Å²) in [5.41, 5.74) is 0. The summed E-state index contributed by atoms with van der Waals surface area (Å²) in [5.74, 6) is 1.37. The van der Waals surface area contributed by atoms with Crippen molar-refractivity contribution in [2.24, 2.45) is 5.92 Å². The largest absolute Gasteiger partial charge is 0.311 e. The van der Waals surface area contributed by atoms with Gasteiger partial charge in [-0.05, 0) is 25.7 Å². The van der Waals surface area contributed by atoms with Crippen LogP contribution in [0.3, 0.4) is 0 Å². The van der Waals surface area contributed by atoms with Gasteiger partial charge in [0.15, 0.2) is 0 Å². The standard InChI is InChI=1S/C13H26N2O2S/c1-10(2)13-8-14-11(3)9-15(13)12-4-6-18(16,17)7-5-12/h10-14H,4-9H2,1-3H3. The van der Waals surface area contributed by atoms with Crippen LogP contribution in [0.4, 0.5) is 0 Å². The fraction of sp³-hybridized carbons (Fsp3) is 1.00. The molecule has 2 rings (SSSR count). The maximum absolute atomic E-state index is 11.5. The van der Waals surface area contributed by atoms with Crippen LogP contribution in [0.5, 0.6) is 0 Å². The number of nitrogens with one attached hydrogen (secondary N) is 1. The van der Waals surface area contributed by atoms with Gasteiger partial charge in [0.25, 0.3) is 0 Å². The average Bonchev–Trinajstić information content (AvgIpc) is 2.28. The van der Waals surface area contributed by atoms with Gasteiger partial charge in [0.05, 0.1) is 11.5 Å². The molecule has 0 bridgehead atoms. The molecule has 0 aliphatic carbocycles. The summed E-state index contributed by atoms with van der Waals surface area (Å²) in [7, 11) is -2.75. The number of hydrogen-bond donors (Lipinski definition) is 1. The molecule has 1 N–H and O–H groups in total. The van der Waals surface area contributed by atoms with E-state index in [-0.39, 0.29) is 0 Å². The van der Waals surface area contributed by atoms with E-state index in [1.165, 1.54) is 0 Å². The third-order valence-corrected chi connectivity index (χ3v) is 6.06. The van der Waals surface area contributed by atoms with Gasteiger partial charge in [0.1, 0.15) is 9.84 Å². The summed E-state index contributed by atoms with van der Waals surface area (Å²) >= 11 is 0. The van der Waals surface area contributed by atoms with Crippen LogP contribution in [0.2, 0.25) is 0 Å². The lowest BCUT2D eigenvalue weighted by molar-refractivity contribution is 0.0544. The molecular weight excluding hydrogens is 248 g/mol. The van der Waals surface area contributed by atoms with Crippen LogP contribution in [-0.2, 0) is 9.84 Å². The van der Waals surface area contributed by atoms with Crippen LogP contribution in [0, 0.1) is 5.92 Å². The Morgan fingerprint density at radius 2 is 1.83 bits per heavy atom. The Bertz CT molecular complexity index is 366. The molecule has 0 aromatic rings. The zero-order valence-electron chi connectivity index (χ0n) is 11.7. The van der Waals surface area contributed by atoms with Crippen LogP contribution in [0.15, 0.2) is 0 Å². The Morgan fingerprint density at radius 1 is 1.22 bits per heavy atom. The van der Waals surface area contributed by atoms with E-state index in [1.807, 2.05) is 0 Å². The van der Waals surface area contributed by atoms with Crippen LogP contribution in [-0.4, -0.2) is 56.0 Å². The van der Waals surface area contributed by atoms with Crippen molar-refractivity contribution < 1.29 is 8.42 Å². The van der Waals surface area contributed by atoms with Crippen molar-refractivity contribution in [3.8, 4) is 0 Å². The molecule has 0 radical (unpaired) electrons. The average molecular weight is 274 g/mol. The van der Waals surface area contributed by atoms with Gasteiger partial charge >= 0.3 is 0 Å². The van der Waals surface area contributed by atoms with E-state index in [4.69, 9.17) is 0 Å². The van der Waals surface area contributed by atoms with E-state index < -0.39 is 9.84 Å². The highest BCUT2D eigenvalue weighted by molar-refractivity contribution is 7.91. The molecule has 0 spiro atoms. The molecule has 18 heavy (non-hydrogen) atoms. The molecule has 5 heteroatoms. The van der Waals surface area contributed by atoms with Gasteiger partial charge in [0, 0.05) is 31.2 Å². The van der Waals surface area contributed by atoms with Crippen LogP contribution in [0.25, 0.3) is 0 Å². The fourth-order valence-corrected chi connectivity index (χ4v) is 4.67. The van der Waals surface area contributed by atoms with Gasteiger partial charge < -0.3 is 5.32 Å². The molecule has 106 valence electrons. The molecule has 0 aromatic heterocycles. The quantitative estimate of drug-likeness (QED) is 0.812. The topological polar surface area (TPSA) is 49.4 Å². The van der Waals surface area contributed by atoms with Gasteiger partial charge in [-0.3, -0.25) is 4.90 Å². The van der Waals surface area contributed by atoms with E-state index in [9.17, 15) is 8.42 Å². The predicted octanol–water partition coefficient (Wildman–Crippen LogP) is 0.882. The maximum atomic E-state index is 11.5. The third kappa shape index (κ3) is 3.25. The van der Waals surface area contributed by atoms with Gasteiger partial charge in [-0.15, -0.1) is 0 Å². The first-order chi connectivity index (χ1) is 8.39. The van der Waals surface area contributed by atoms with E-state index in [0.717, 1.165) is 25.9 Å². The van der Waals surface area contributed by atoms with Crippen LogP contribution in [0.1, 0.15) is 33.6 Å². The Hall–Kier alpha value is -0.130. The Labute approximate surface area is 111 Å². The Kier molecular flexibility index (Phi) is 4.34. The summed E-state index contributed by atoms with van der Waals surface area (Å²) in [6.45, 7) is 8.81. The minimum absolute atomic E-state index is 0.376. The first kappa shape index (κ1) is 14.3. The monoisotopic (exact) mass is 274 g/mol. The summed E-state index contributed by atoms with van der Waals surface area (Å²) in [4.78, 5) is 2.57. The molecule has 2 aliphatic heterocycles. The number of nitrogens with zero attached hydrogens (tertiary/aromatic N) is 1. The summed E-state index contributed by atoms with van der Waals surface area (Å²) in [5, 5.41) is 3.54. The number of hydrogen-bond acceptors (Lipinski definition) is 4. The maximum Gasteiger partial charge on any atom is 0.150 e. The lowest BCUT2D eigenvalue weighted by Crippen LogP contribution is -2.61. The van der Waals surface area contributed by atoms with E-state index in [2.05, 4.69) is 31.0 Å². The zero-order valence-corrected chi connectivity index (χ0v) is 12.5. The molecule has 0 saturated carbocycles. The minimum Gasteiger partial charge on any atom is -0.311 e. The van der Waals surface area contributed by atoms with Crippen molar-refractivity contribution in [3.05, 3.63) is 0 Å². The smallest absolute Gasteiger partial charge is 0.150 e. The first-order valence-corrected chi connectivity index (χ1v) is 8.91. The van der Waals surface area contributed by atoms with Gasteiger partial charge in [-0.2, -0.15) is 0 Å². The molecule has 2 fully saturated rings. The second-order valence-electron chi connectivity index (χ2n) is 6.20. The fourth-order valence-electron chi connectivity index (χ4n) is 3.20. The van der Waals surface area contributed by atoms with Crippen molar-refractivity contribution in [2.45, 2.75) is 51.7 Å². The van der Waals surface area contributed by atoms with Crippen molar-refractivity contribution >= 4 is 9.84 Å². The van der Waals surface area contributed by atoms with Gasteiger partial charge in [0.2, 0.25) is 0 Å². The Balaban J connectivity index is 2.04. The lowest BCUT2D eigenvalue weighted by Gasteiger charge is -2.46. The number of sulfone groups is 1. The molecule has 2 unspecified atom stereocenters. The highest BCUT2D eigenvalue weighted by Crippen LogP contribution is 2.25. The molecule has 2 saturated heterocycles. The first-order valence-electron chi connectivity index (χ1n) is 7.08. The van der Waals surface area contributed by atoms with Crippen molar-refractivity contribution in [1.29, 1.82) is 0 Å². The predicted molar refractivity (Wildman–Crippen MR) is 74.5 cm³/mol. The third-order valence-electron chi connectivity index (χ3n) is 4.35. The van der Waals surface area contributed by atoms with Crippen molar-refractivity contribution in [1.82, 2.24) is 10.2 Å². The molecule has 0 amide bonds.